The van der Waals surface area contributed by atoms with Gasteiger partial charge in [-0.1, -0.05) is 29.5 Å². The Labute approximate surface area is 188 Å². The number of phenols is 1. The number of phenolic OH excluding ortho intramolecular Hbond substituents is 1. The molecule has 5 rings (SSSR count). The van der Waals surface area contributed by atoms with Crippen LogP contribution >= 0.6 is 11.3 Å². The van der Waals surface area contributed by atoms with Gasteiger partial charge in [0.1, 0.15) is 11.3 Å². The molecule has 0 saturated carbocycles. The van der Waals surface area contributed by atoms with Crippen molar-refractivity contribution in [2.24, 2.45) is 5.10 Å². The highest BCUT2D eigenvalue weighted by Gasteiger charge is 2.12. The smallest absolute Gasteiger partial charge is 0.204 e. The number of ether oxygens (including phenoxy) is 1. The largest absolute Gasteiger partial charge is 0.504 e. The summed E-state index contributed by atoms with van der Waals surface area (Å²) in [5.41, 5.74) is 7.73. The molecule has 0 aliphatic carbocycles. The summed E-state index contributed by atoms with van der Waals surface area (Å²) in [6.07, 6.45) is 0. The van der Waals surface area contributed by atoms with Crippen LogP contribution in [0.5, 0.6) is 11.5 Å². The van der Waals surface area contributed by atoms with Crippen molar-refractivity contribution in [1.29, 1.82) is 0 Å². The number of rotatable bonds is 4. The van der Waals surface area contributed by atoms with E-state index in [9.17, 15) is 5.11 Å². The number of nitrogens with one attached hydrogen (secondary N) is 1. The third-order valence-electron chi connectivity index (χ3n) is 5.20. The molecule has 2 heterocycles. The Morgan fingerprint density at radius 3 is 2.72 bits per heavy atom. The van der Waals surface area contributed by atoms with E-state index in [1.165, 1.54) is 7.11 Å². The summed E-state index contributed by atoms with van der Waals surface area (Å²) in [5, 5.41) is 17.0. The van der Waals surface area contributed by atoms with E-state index >= 15 is 0 Å². The second-order valence-corrected chi connectivity index (χ2v) is 8.58. The van der Waals surface area contributed by atoms with E-state index in [0.717, 1.165) is 48.4 Å². The average Bonchev–Trinajstić information content (AvgIpc) is 3.21. The number of nitrogens with zero attached hydrogens (tertiary/aromatic N) is 2. The fraction of sp³-hybridized carbons (Fsp3) is 0.120. The van der Waals surface area contributed by atoms with Crippen LogP contribution in [0.4, 0.5) is 5.13 Å². The van der Waals surface area contributed by atoms with Crippen molar-refractivity contribution < 1.29 is 14.3 Å². The molecule has 160 valence electrons. The van der Waals surface area contributed by atoms with Crippen LogP contribution in [-0.2, 0) is 0 Å². The molecule has 5 aromatic rings. The third kappa shape index (κ3) is 3.67. The van der Waals surface area contributed by atoms with Crippen molar-refractivity contribution in [3.05, 3.63) is 77.1 Å². The van der Waals surface area contributed by atoms with Gasteiger partial charge < -0.3 is 14.3 Å². The number of aromatic nitrogens is 1. The molecule has 6 nitrogen and oxygen atoms in total. The Morgan fingerprint density at radius 1 is 1.06 bits per heavy atom. The summed E-state index contributed by atoms with van der Waals surface area (Å²) in [5.74, 6) is 1.07. The quantitative estimate of drug-likeness (QED) is 0.335. The van der Waals surface area contributed by atoms with E-state index in [1.807, 2.05) is 37.3 Å². The molecule has 0 atom stereocenters. The Balaban J connectivity index is 1.68. The van der Waals surface area contributed by atoms with E-state index in [4.69, 9.17) is 9.15 Å². The van der Waals surface area contributed by atoms with Crippen LogP contribution in [0.1, 0.15) is 11.1 Å². The highest BCUT2D eigenvalue weighted by Crippen LogP contribution is 2.32. The lowest BCUT2D eigenvalue weighted by molar-refractivity contribution is 0.373. The first-order valence-electron chi connectivity index (χ1n) is 10.1. The summed E-state index contributed by atoms with van der Waals surface area (Å²) >= 11 is 1.55. The molecule has 0 aliphatic heterocycles. The van der Waals surface area contributed by atoms with Gasteiger partial charge in [0, 0.05) is 17.0 Å². The van der Waals surface area contributed by atoms with Gasteiger partial charge in [-0.25, -0.2) is 4.98 Å². The molecule has 2 N–H and O–H groups in total. The SMILES string of the molecule is COc1cc(-c2cc(=NNc3nc4ccccc4s3)c3cc(C)cc(C)c3o2)ccc1O. The molecule has 32 heavy (non-hydrogen) atoms. The summed E-state index contributed by atoms with van der Waals surface area (Å²) in [4.78, 5) is 4.60. The first-order valence-corrected chi connectivity index (χ1v) is 10.9. The summed E-state index contributed by atoms with van der Waals surface area (Å²) in [6.45, 7) is 4.07. The van der Waals surface area contributed by atoms with Crippen molar-refractivity contribution >= 4 is 37.7 Å². The number of benzene rings is 3. The highest BCUT2D eigenvalue weighted by molar-refractivity contribution is 7.22. The van der Waals surface area contributed by atoms with Gasteiger partial charge in [-0.2, -0.15) is 5.10 Å². The molecule has 0 saturated heterocycles. The first-order chi connectivity index (χ1) is 15.5. The molecule has 0 amide bonds. The topological polar surface area (TPSA) is 79.9 Å². The minimum absolute atomic E-state index is 0.0752. The van der Waals surface area contributed by atoms with Crippen LogP contribution in [-0.4, -0.2) is 17.2 Å². The van der Waals surface area contributed by atoms with E-state index in [0.29, 0.717) is 11.5 Å². The minimum Gasteiger partial charge on any atom is -0.504 e. The van der Waals surface area contributed by atoms with Crippen LogP contribution in [0.2, 0.25) is 0 Å². The normalized spacial score (nSPS) is 11.9. The second kappa shape index (κ2) is 8.01. The molecule has 0 unspecified atom stereocenters. The van der Waals surface area contributed by atoms with Gasteiger partial charge in [0.05, 0.1) is 22.7 Å². The van der Waals surface area contributed by atoms with Crippen LogP contribution in [0.3, 0.4) is 0 Å². The summed E-state index contributed by atoms with van der Waals surface area (Å²) < 4.78 is 12.6. The lowest BCUT2D eigenvalue weighted by Gasteiger charge is -2.10. The predicted octanol–water partition coefficient (Wildman–Crippen LogP) is 5.97. The first kappa shape index (κ1) is 20.1. The maximum atomic E-state index is 9.96. The fourth-order valence-electron chi connectivity index (χ4n) is 3.72. The van der Waals surface area contributed by atoms with E-state index in [2.05, 4.69) is 34.6 Å². The van der Waals surface area contributed by atoms with Crippen molar-refractivity contribution in [3.8, 4) is 22.8 Å². The molecular formula is C25H21N3O3S. The van der Waals surface area contributed by atoms with Crippen molar-refractivity contribution in [2.75, 3.05) is 12.5 Å². The number of para-hydroxylation sites is 1. The zero-order valence-electron chi connectivity index (χ0n) is 17.8. The summed E-state index contributed by atoms with van der Waals surface area (Å²) in [7, 11) is 1.52. The maximum absolute atomic E-state index is 9.96. The molecule has 3 aromatic carbocycles. The van der Waals surface area contributed by atoms with E-state index < -0.39 is 0 Å². The molecular weight excluding hydrogens is 422 g/mol. The maximum Gasteiger partial charge on any atom is 0.204 e. The number of hydrogen-bond donors (Lipinski definition) is 2. The number of fused-ring (bicyclic) bond motifs is 2. The second-order valence-electron chi connectivity index (χ2n) is 7.55. The van der Waals surface area contributed by atoms with Gasteiger partial charge in [0.25, 0.3) is 0 Å². The molecule has 0 bridgehead atoms. The van der Waals surface area contributed by atoms with E-state index in [1.54, 1.807) is 29.5 Å². The third-order valence-corrected chi connectivity index (χ3v) is 6.15. The van der Waals surface area contributed by atoms with Gasteiger partial charge in [-0.05, 0) is 61.4 Å². The van der Waals surface area contributed by atoms with Gasteiger partial charge >= 0.3 is 0 Å². The highest BCUT2D eigenvalue weighted by atomic mass is 32.1. The summed E-state index contributed by atoms with van der Waals surface area (Å²) in [6, 6.07) is 19.1. The lowest BCUT2D eigenvalue weighted by atomic mass is 10.1. The lowest BCUT2D eigenvalue weighted by Crippen LogP contribution is -2.08. The monoisotopic (exact) mass is 443 g/mol. The number of hydrogen-bond acceptors (Lipinski definition) is 7. The number of aryl methyl sites for hydroxylation is 2. The predicted molar refractivity (Wildman–Crippen MR) is 128 cm³/mol. The molecule has 7 heteroatoms. The van der Waals surface area contributed by atoms with Gasteiger partial charge in [-0.15, -0.1) is 0 Å². The van der Waals surface area contributed by atoms with Crippen LogP contribution in [0, 0.1) is 13.8 Å². The number of aromatic hydroxyl groups is 1. The molecule has 0 spiro atoms. The van der Waals surface area contributed by atoms with Gasteiger partial charge in [0.2, 0.25) is 5.13 Å². The fourth-order valence-corrected chi connectivity index (χ4v) is 4.52. The molecule has 0 fully saturated rings. The Morgan fingerprint density at radius 2 is 1.91 bits per heavy atom. The molecule has 0 radical (unpaired) electrons. The Hall–Kier alpha value is -3.84. The van der Waals surface area contributed by atoms with Crippen LogP contribution < -0.4 is 15.5 Å². The average molecular weight is 444 g/mol. The van der Waals surface area contributed by atoms with Crippen molar-refractivity contribution in [3.63, 3.8) is 0 Å². The zero-order valence-corrected chi connectivity index (χ0v) is 18.7. The van der Waals surface area contributed by atoms with Crippen LogP contribution in [0.25, 0.3) is 32.5 Å². The zero-order chi connectivity index (χ0) is 22.2. The number of anilines is 1. The minimum atomic E-state index is 0.0752. The van der Waals surface area contributed by atoms with Gasteiger partial charge in [-0.3, -0.25) is 5.43 Å². The standard InChI is InChI=1S/C25H21N3O3S/c1-14-10-15(2)24-17(11-14)19(27-28-25-26-18-6-4-5-7-23(18)32-25)13-21(31-24)16-8-9-20(29)22(12-16)30-3/h4-13,29H,1-3H3,(H,26,28). The molecule has 0 aliphatic rings. The molecule has 2 aromatic heterocycles. The van der Waals surface area contributed by atoms with Crippen molar-refractivity contribution in [1.82, 2.24) is 4.98 Å². The van der Waals surface area contributed by atoms with Crippen molar-refractivity contribution in [2.45, 2.75) is 13.8 Å². The number of methoxy groups -OCH3 is 1. The Bertz CT molecular complexity index is 1500. The van der Waals surface area contributed by atoms with Crippen LogP contribution in [0.15, 0.2) is 70.2 Å². The Kier molecular flexibility index (Phi) is 5.03. The van der Waals surface area contributed by atoms with Gasteiger partial charge in [0.15, 0.2) is 11.5 Å². The van der Waals surface area contributed by atoms with E-state index in [-0.39, 0.29) is 5.75 Å². The number of thiazole rings is 1.